The van der Waals surface area contributed by atoms with Gasteiger partial charge in [0.25, 0.3) is 5.69 Å². The first-order valence-corrected chi connectivity index (χ1v) is 11.1. The van der Waals surface area contributed by atoms with E-state index in [9.17, 15) is 28.1 Å². The maximum atomic E-state index is 13.0. The van der Waals surface area contributed by atoms with Crippen molar-refractivity contribution in [1.29, 1.82) is 0 Å². The largest absolute Gasteiger partial charge is 0.416 e. The maximum Gasteiger partial charge on any atom is 0.416 e. The summed E-state index contributed by atoms with van der Waals surface area (Å²) in [4.78, 5) is 33.1. The number of nitro groups is 1. The lowest BCUT2D eigenvalue weighted by Gasteiger charge is -2.36. The molecule has 0 unspecified atom stereocenters. The van der Waals surface area contributed by atoms with Crippen molar-refractivity contribution in [2.45, 2.75) is 12.7 Å². The lowest BCUT2D eigenvalue weighted by molar-refractivity contribution is -0.384. The van der Waals surface area contributed by atoms with Crippen LogP contribution in [0.1, 0.15) is 11.1 Å². The van der Waals surface area contributed by atoms with Gasteiger partial charge in [-0.05, 0) is 18.2 Å². The lowest BCUT2D eigenvalue weighted by Crippen LogP contribution is -2.51. The van der Waals surface area contributed by atoms with Crippen LogP contribution in [0.4, 0.5) is 35.2 Å². The van der Waals surface area contributed by atoms with E-state index in [-0.39, 0.29) is 44.4 Å². The predicted molar refractivity (Wildman–Crippen MR) is 121 cm³/mol. The Balaban J connectivity index is 1.36. The lowest BCUT2D eigenvalue weighted by atomic mass is 10.1. The summed E-state index contributed by atoms with van der Waals surface area (Å²) in [6.07, 6.45) is -2.97. The minimum Gasteiger partial charge on any atom is -0.378 e. The van der Waals surface area contributed by atoms with Crippen LogP contribution in [-0.4, -0.2) is 73.3 Å². The normalized spacial score (nSPS) is 16.8. The van der Waals surface area contributed by atoms with Gasteiger partial charge in [0.05, 0.1) is 23.7 Å². The molecule has 0 saturated carbocycles. The number of morpholine rings is 1. The van der Waals surface area contributed by atoms with Gasteiger partial charge in [-0.15, -0.1) is 0 Å². The molecule has 4 rings (SSSR count). The van der Waals surface area contributed by atoms with Crippen molar-refractivity contribution >= 4 is 23.2 Å². The van der Waals surface area contributed by atoms with E-state index in [4.69, 9.17) is 4.74 Å². The second kappa shape index (κ2) is 10.3. The van der Waals surface area contributed by atoms with E-state index < -0.39 is 22.4 Å². The number of piperazine rings is 1. The monoisotopic (exact) mass is 494 g/mol. The highest BCUT2D eigenvalue weighted by atomic mass is 19.4. The molecule has 2 aromatic rings. The van der Waals surface area contributed by atoms with Crippen molar-refractivity contribution in [1.82, 2.24) is 15.2 Å². The van der Waals surface area contributed by atoms with Crippen LogP contribution in [0.3, 0.4) is 0 Å². The van der Waals surface area contributed by atoms with Gasteiger partial charge < -0.3 is 24.8 Å². The fourth-order valence-corrected chi connectivity index (χ4v) is 4.17. The number of pyridine rings is 1. The molecule has 3 heterocycles. The summed E-state index contributed by atoms with van der Waals surface area (Å²) in [7, 11) is 0. The molecule has 1 N–H and O–H groups in total. The number of nitro benzene ring substituents is 1. The Morgan fingerprint density at radius 1 is 1.09 bits per heavy atom. The minimum atomic E-state index is -4.67. The molecule has 0 radical (unpaired) electrons. The van der Waals surface area contributed by atoms with E-state index in [1.807, 2.05) is 6.07 Å². The number of amides is 2. The van der Waals surface area contributed by atoms with Crippen molar-refractivity contribution in [2.75, 3.05) is 62.3 Å². The first-order chi connectivity index (χ1) is 16.7. The first kappa shape index (κ1) is 24.5. The molecule has 2 saturated heterocycles. The van der Waals surface area contributed by atoms with Gasteiger partial charge in [0.15, 0.2) is 0 Å². The fourth-order valence-electron chi connectivity index (χ4n) is 4.17. The topological polar surface area (TPSA) is 104 Å². The van der Waals surface area contributed by atoms with Gasteiger partial charge in [-0.2, -0.15) is 13.2 Å². The molecule has 2 fully saturated rings. The fraction of sp³-hybridized carbons (Fsp3) is 0.455. The van der Waals surface area contributed by atoms with Crippen LogP contribution in [0.15, 0.2) is 36.5 Å². The summed E-state index contributed by atoms with van der Waals surface area (Å²) in [5, 5.41) is 14.3. The molecule has 35 heavy (non-hydrogen) atoms. The quantitative estimate of drug-likeness (QED) is 0.504. The summed E-state index contributed by atoms with van der Waals surface area (Å²) in [6, 6.07) is 5.92. The Morgan fingerprint density at radius 3 is 2.46 bits per heavy atom. The Labute approximate surface area is 199 Å². The minimum absolute atomic E-state index is 0.105. The molecule has 0 bridgehead atoms. The average molecular weight is 494 g/mol. The van der Waals surface area contributed by atoms with Crippen LogP contribution in [0.2, 0.25) is 0 Å². The molecule has 2 amide bonds. The molecule has 188 valence electrons. The highest BCUT2D eigenvalue weighted by molar-refractivity contribution is 5.75. The van der Waals surface area contributed by atoms with Crippen LogP contribution in [0, 0.1) is 10.1 Å². The molecule has 0 atom stereocenters. The SMILES string of the molecule is O=C(NCc1cccnc1N1CCOCC1)N1CCN(c2ccc(C(F)(F)F)cc2[N+](=O)[O-])CC1. The Hall–Kier alpha value is -3.61. The zero-order valence-corrected chi connectivity index (χ0v) is 18.8. The number of halogens is 3. The van der Waals surface area contributed by atoms with Gasteiger partial charge in [-0.3, -0.25) is 10.1 Å². The van der Waals surface area contributed by atoms with Gasteiger partial charge >= 0.3 is 12.2 Å². The third-order valence-electron chi connectivity index (χ3n) is 6.02. The van der Waals surface area contributed by atoms with E-state index in [0.29, 0.717) is 19.3 Å². The molecule has 0 spiro atoms. The molecule has 0 aliphatic carbocycles. The summed E-state index contributed by atoms with van der Waals surface area (Å²) >= 11 is 0. The number of anilines is 2. The van der Waals surface area contributed by atoms with E-state index >= 15 is 0 Å². The smallest absolute Gasteiger partial charge is 0.378 e. The molecule has 2 aliphatic rings. The number of nitrogens with zero attached hydrogens (tertiary/aromatic N) is 5. The Kier molecular flexibility index (Phi) is 7.24. The zero-order valence-electron chi connectivity index (χ0n) is 18.8. The number of carbonyl (C=O) groups is 1. The van der Waals surface area contributed by atoms with E-state index in [2.05, 4.69) is 15.2 Å². The highest BCUT2D eigenvalue weighted by Crippen LogP contribution is 2.36. The van der Waals surface area contributed by atoms with Crippen LogP contribution in [-0.2, 0) is 17.5 Å². The first-order valence-electron chi connectivity index (χ1n) is 11.1. The molecular formula is C22H25F3N6O4. The van der Waals surface area contributed by atoms with Gasteiger partial charge in [0, 0.05) is 63.6 Å². The molecule has 1 aromatic heterocycles. The van der Waals surface area contributed by atoms with E-state index in [1.165, 1.54) is 0 Å². The number of carbonyl (C=O) groups excluding carboxylic acids is 1. The highest BCUT2D eigenvalue weighted by Gasteiger charge is 2.34. The third-order valence-corrected chi connectivity index (χ3v) is 6.02. The van der Waals surface area contributed by atoms with Gasteiger partial charge in [0.2, 0.25) is 0 Å². The van der Waals surface area contributed by atoms with Gasteiger partial charge in [-0.1, -0.05) is 6.07 Å². The van der Waals surface area contributed by atoms with Crippen molar-refractivity contribution in [3.63, 3.8) is 0 Å². The molecule has 1 aromatic carbocycles. The number of urea groups is 1. The summed E-state index contributed by atoms with van der Waals surface area (Å²) in [5.41, 5.74) is -0.696. The van der Waals surface area contributed by atoms with Gasteiger partial charge in [0.1, 0.15) is 11.5 Å². The van der Waals surface area contributed by atoms with Crippen molar-refractivity contribution in [2.24, 2.45) is 0 Å². The average Bonchev–Trinajstić information content (AvgIpc) is 2.87. The molecule has 13 heteroatoms. The second-order valence-electron chi connectivity index (χ2n) is 8.18. The number of ether oxygens (including phenoxy) is 1. The van der Waals surface area contributed by atoms with Crippen LogP contribution in [0.5, 0.6) is 0 Å². The number of aromatic nitrogens is 1. The summed E-state index contributed by atoms with van der Waals surface area (Å²) < 4.78 is 44.3. The Morgan fingerprint density at radius 2 is 1.80 bits per heavy atom. The molecular weight excluding hydrogens is 469 g/mol. The third kappa shape index (κ3) is 5.73. The standard InChI is InChI=1S/C22H25F3N6O4/c23-22(24,25)17-3-4-18(19(14-17)31(33)34)28-6-8-30(9-7-28)21(32)27-15-16-2-1-5-26-20(16)29-10-12-35-13-11-29/h1-5,14H,6-13,15H2,(H,27,32). The number of benzene rings is 1. The van der Waals surface area contributed by atoms with Crippen LogP contribution >= 0.6 is 0 Å². The number of rotatable bonds is 5. The number of hydrogen-bond donors (Lipinski definition) is 1. The maximum absolute atomic E-state index is 13.0. The molecule has 2 aliphatic heterocycles. The van der Waals surface area contributed by atoms with Crippen LogP contribution in [0.25, 0.3) is 0 Å². The zero-order chi connectivity index (χ0) is 25.0. The Bertz CT molecular complexity index is 1070. The number of hydrogen-bond acceptors (Lipinski definition) is 7. The van der Waals surface area contributed by atoms with Gasteiger partial charge in [-0.25, -0.2) is 9.78 Å². The van der Waals surface area contributed by atoms with E-state index in [0.717, 1.165) is 36.6 Å². The second-order valence-corrected chi connectivity index (χ2v) is 8.18. The summed E-state index contributed by atoms with van der Waals surface area (Å²) in [6.45, 7) is 4.00. The van der Waals surface area contributed by atoms with Crippen molar-refractivity contribution in [3.05, 3.63) is 57.8 Å². The van der Waals surface area contributed by atoms with Crippen molar-refractivity contribution < 1.29 is 27.6 Å². The number of alkyl halides is 3. The summed E-state index contributed by atoms with van der Waals surface area (Å²) in [5.74, 6) is 0.801. The van der Waals surface area contributed by atoms with Crippen molar-refractivity contribution in [3.8, 4) is 0 Å². The van der Waals surface area contributed by atoms with E-state index in [1.54, 1.807) is 22.1 Å². The number of nitrogens with one attached hydrogen (secondary N) is 1. The predicted octanol–water partition coefficient (Wildman–Crippen LogP) is 2.88. The molecule has 10 nitrogen and oxygen atoms in total. The van der Waals surface area contributed by atoms with Crippen LogP contribution < -0.4 is 15.1 Å².